The van der Waals surface area contributed by atoms with Crippen molar-refractivity contribution in [3.05, 3.63) is 40.6 Å². The van der Waals surface area contributed by atoms with E-state index in [1.54, 1.807) is 6.92 Å². The monoisotopic (exact) mass is 464 g/mol. The van der Waals surface area contributed by atoms with Gasteiger partial charge in [-0.05, 0) is 67.6 Å². The Morgan fingerprint density at radius 3 is 2.76 bits per heavy atom. The number of aromatic nitrogens is 4. The van der Waals surface area contributed by atoms with Gasteiger partial charge in [-0.2, -0.15) is 0 Å². The third-order valence-electron chi connectivity index (χ3n) is 8.00. The molecule has 5 rings (SSSR count). The van der Waals surface area contributed by atoms with Gasteiger partial charge in [0.15, 0.2) is 5.82 Å². The van der Waals surface area contributed by atoms with E-state index in [4.69, 9.17) is 4.74 Å². The number of rotatable bonds is 8. The highest BCUT2D eigenvalue weighted by molar-refractivity contribution is 5.90. The van der Waals surface area contributed by atoms with Crippen molar-refractivity contribution in [2.24, 2.45) is 5.41 Å². The van der Waals surface area contributed by atoms with Crippen LogP contribution >= 0.6 is 0 Å². The summed E-state index contributed by atoms with van der Waals surface area (Å²) >= 11 is 0. The molecule has 0 amide bonds. The first-order valence-corrected chi connectivity index (χ1v) is 12.0. The smallest absolute Gasteiger partial charge is 0.335 e. The summed E-state index contributed by atoms with van der Waals surface area (Å²) < 4.78 is 6.97. The number of esters is 1. The molecular weight excluding hydrogens is 432 g/mol. The van der Waals surface area contributed by atoms with Crippen LogP contribution in [-0.4, -0.2) is 75.6 Å². The Morgan fingerprint density at radius 1 is 1.26 bits per heavy atom. The fraction of sp³-hybridized carbons (Fsp3) is 0.560. The number of benzene rings is 1. The highest BCUT2D eigenvalue weighted by atomic mass is 16.5. The molecule has 1 aromatic carbocycles. The van der Waals surface area contributed by atoms with Crippen LogP contribution < -0.4 is 0 Å². The molecule has 1 fully saturated rings. The molecule has 2 aliphatic heterocycles. The number of carbonyl (C=O) groups is 2. The van der Waals surface area contributed by atoms with E-state index in [-0.39, 0.29) is 11.4 Å². The van der Waals surface area contributed by atoms with Gasteiger partial charge in [-0.25, -0.2) is 9.48 Å². The number of carbonyl (C=O) groups excluding carboxylic acids is 2. The molecule has 9 nitrogen and oxygen atoms in total. The number of hydrogen-bond acceptors (Lipinski definition) is 8. The molecule has 3 aliphatic rings. The lowest BCUT2D eigenvalue weighted by atomic mass is 9.71. The van der Waals surface area contributed by atoms with Gasteiger partial charge in [-0.3, -0.25) is 4.90 Å². The van der Waals surface area contributed by atoms with Crippen LogP contribution in [-0.2, 0) is 27.4 Å². The summed E-state index contributed by atoms with van der Waals surface area (Å²) in [5.41, 5.74) is 4.98. The van der Waals surface area contributed by atoms with Crippen molar-refractivity contribution in [2.75, 3.05) is 27.2 Å². The average molecular weight is 465 g/mol. The molecule has 9 heteroatoms. The molecule has 0 spiro atoms. The van der Waals surface area contributed by atoms with Crippen LogP contribution in [0.5, 0.6) is 0 Å². The zero-order chi connectivity index (χ0) is 23.9. The third-order valence-corrected chi connectivity index (χ3v) is 8.00. The van der Waals surface area contributed by atoms with Gasteiger partial charge in [0.2, 0.25) is 0 Å². The summed E-state index contributed by atoms with van der Waals surface area (Å²) in [6.45, 7) is 4.50. The van der Waals surface area contributed by atoms with E-state index in [0.29, 0.717) is 18.2 Å². The molecule has 0 atom stereocenters. The van der Waals surface area contributed by atoms with E-state index in [2.05, 4.69) is 50.6 Å². The van der Waals surface area contributed by atoms with E-state index >= 15 is 0 Å². The quantitative estimate of drug-likeness (QED) is 0.371. The van der Waals surface area contributed by atoms with E-state index < -0.39 is 0 Å². The second kappa shape index (κ2) is 8.94. The number of likely N-dealkylation sites (N-methyl/N-ethyl adjacent to an activating group) is 1. The number of ether oxygens (including phenoxy) is 1. The summed E-state index contributed by atoms with van der Waals surface area (Å²) in [4.78, 5) is 28.3. The van der Waals surface area contributed by atoms with Crippen molar-refractivity contribution in [2.45, 2.75) is 58.2 Å². The van der Waals surface area contributed by atoms with Crippen molar-refractivity contribution in [3.63, 3.8) is 0 Å². The van der Waals surface area contributed by atoms with Crippen LogP contribution in [0.4, 0.5) is 0 Å². The van der Waals surface area contributed by atoms with Gasteiger partial charge in [-0.15, -0.1) is 5.10 Å². The zero-order valence-corrected chi connectivity index (χ0v) is 20.2. The van der Waals surface area contributed by atoms with Crippen LogP contribution in [0, 0.1) is 5.41 Å². The predicted molar refractivity (Wildman–Crippen MR) is 125 cm³/mol. The summed E-state index contributed by atoms with van der Waals surface area (Å²) in [5, 5.41) is 11.9. The topological polar surface area (TPSA) is 93.5 Å². The lowest BCUT2D eigenvalue weighted by molar-refractivity contribution is -0.136. The molecule has 1 aromatic heterocycles. The van der Waals surface area contributed by atoms with E-state index in [1.165, 1.54) is 17.4 Å². The number of cyclic esters (lactones) is 1. The number of fused-ring (bicyclic) bond motifs is 3. The molecule has 2 aromatic rings. The minimum atomic E-state index is -0.279. The van der Waals surface area contributed by atoms with Crippen molar-refractivity contribution >= 4 is 12.3 Å². The molecule has 3 heterocycles. The third kappa shape index (κ3) is 4.13. The van der Waals surface area contributed by atoms with Crippen LogP contribution in [0.15, 0.2) is 29.5 Å². The maximum absolute atomic E-state index is 12.1. The Morgan fingerprint density at radius 2 is 2.06 bits per heavy atom. The van der Waals surface area contributed by atoms with Crippen LogP contribution in [0.25, 0.3) is 11.4 Å². The van der Waals surface area contributed by atoms with Gasteiger partial charge in [0.1, 0.15) is 12.9 Å². The number of nitrogens with zero attached hydrogens (tertiary/aromatic N) is 6. The molecule has 34 heavy (non-hydrogen) atoms. The second-order valence-corrected chi connectivity index (χ2v) is 10.1. The van der Waals surface area contributed by atoms with E-state index in [1.807, 2.05) is 11.7 Å². The first-order valence-electron chi connectivity index (χ1n) is 12.0. The predicted octanol–water partition coefficient (Wildman–Crippen LogP) is 2.41. The van der Waals surface area contributed by atoms with Gasteiger partial charge < -0.3 is 14.4 Å². The lowest BCUT2D eigenvalue weighted by Gasteiger charge is -2.40. The maximum atomic E-state index is 12.1. The number of tetrazole rings is 1. The maximum Gasteiger partial charge on any atom is 0.335 e. The van der Waals surface area contributed by atoms with Crippen molar-refractivity contribution in [1.82, 2.24) is 30.0 Å². The first kappa shape index (κ1) is 22.7. The fourth-order valence-corrected chi connectivity index (χ4v) is 5.61. The second-order valence-electron chi connectivity index (χ2n) is 10.1. The Kier molecular flexibility index (Phi) is 5.97. The molecule has 0 saturated heterocycles. The SMILES string of the molecule is CC1=C(N(C)CCC2(C=O)CCC(N(C)Cc3ccc4c(c3)Cn3nnnc3-4)CC2)COC1=O. The van der Waals surface area contributed by atoms with Gasteiger partial charge in [0.05, 0.1) is 17.8 Å². The van der Waals surface area contributed by atoms with Crippen LogP contribution in [0.1, 0.15) is 50.2 Å². The van der Waals surface area contributed by atoms with Crippen molar-refractivity contribution < 1.29 is 14.3 Å². The van der Waals surface area contributed by atoms with Crippen LogP contribution in [0.2, 0.25) is 0 Å². The van der Waals surface area contributed by atoms with Gasteiger partial charge in [-0.1, -0.05) is 18.2 Å². The highest BCUT2D eigenvalue weighted by Crippen LogP contribution is 2.40. The largest absolute Gasteiger partial charge is 0.456 e. The van der Waals surface area contributed by atoms with Crippen LogP contribution in [0.3, 0.4) is 0 Å². The Bertz CT molecular complexity index is 1130. The summed E-state index contributed by atoms with van der Waals surface area (Å²) in [6, 6.07) is 7.02. The molecule has 180 valence electrons. The molecule has 1 saturated carbocycles. The summed E-state index contributed by atoms with van der Waals surface area (Å²) in [6.07, 6.45) is 5.81. The van der Waals surface area contributed by atoms with E-state index in [0.717, 1.165) is 68.8 Å². The van der Waals surface area contributed by atoms with Gasteiger partial charge in [0.25, 0.3) is 0 Å². The number of hydrogen-bond donors (Lipinski definition) is 0. The van der Waals surface area contributed by atoms with E-state index in [9.17, 15) is 9.59 Å². The molecule has 1 aliphatic carbocycles. The number of aldehydes is 1. The normalized spacial score (nSPS) is 23.8. The summed E-state index contributed by atoms with van der Waals surface area (Å²) in [5.74, 6) is 0.607. The van der Waals surface area contributed by atoms with Gasteiger partial charge >= 0.3 is 5.97 Å². The highest BCUT2D eigenvalue weighted by Gasteiger charge is 2.37. The lowest BCUT2D eigenvalue weighted by Crippen LogP contribution is -2.40. The fourth-order valence-electron chi connectivity index (χ4n) is 5.61. The zero-order valence-electron chi connectivity index (χ0n) is 20.2. The minimum absolute atomic E-state index is 0.238. The molecule has 0 radical (unpaired) electrons. The van der Waals surface area contributed by atoms with Gasteiger partial charge in [0, 0.05) is 37.2 Å². The Balaban J connectivity index is 1.15. The average Bonchev–Trinajstić information content (AvgIpc) is 3.53. The molecule has 0 N–H and O–H groups in total. The van der Waals surface area contributed by atoms with Crippen molar-refractivity contribution in [1.29, 1.82) is 0 Å². The molecular formula is C25H32N6O3. The summed E-state index contributed by atoms with van der Waals surface area (Å²) in [7, 11) is 4.16. The molecule has 0 bridgehead atoms. The first-order chi connectivity index (χ1) is 16.4. The Labute approximate surface area is 199 Å². The molecule has 0 unspecified atom stereocenters. The standard InChI is InChI=1S/C25H32N6O3/c1-17-22(15-34-24(17)33)29(2)11-10-25(16-32)8-6-20(7-9-25)30(3)13-18-4-5-21-19(12-18)14-31-23(21)26-27-28-31/h4-5,12,16,20H,6-11,13-15H2,1-3H3. The van der Waals surface area contributed by atoms with Crippen molar-refractivity contribution in [3.8, 4) is 11.4 Å². The Hall–Kier alpha value is -3.07. The minimum Gasteiger partial charge on any atom is -0.456 e.